The Kier molecular flexibility index (Phi) is 7.59. The monoisotopic (exact) mass is 348 g/mol. The third-order valence-corrected chi connectivity index (χ3v) is 3.95. The highest BCUT2D eigenvalue weighted by Gasteiger charge is 2.30. The van der Waals surface area contributed by atoms with Crippen molar-refractivity contribution in [2.45, 2.75) is 37.6 Å². The van der Waals surface area contributed by atoms with Gasteiger partial charge in [-0.05, 0) is 31.0 Å². The Labute approximate surface area is 141 Å². The van der Waals surface area contributed by atoms with Crippen LogP contribution >= 0.6 is 24.0 Å². The average Bonchev–Trinajstić information content (AvgIpc) is 2.88. The van der Waals surface area contributed by atoms with Crippen LogP contribution in [0.15, 0.2) is 24.3 Å². The Morgan fingerprint density at radius 3 is 2.59 bits per heavy atom. The van der Waals surface area contributed by atoms with Gasteiger partial charge in [0.2, 0.25) is 5.91 Å². The molecule has 3 N–H and O–H groups in total. The van der Waals surface area contributed by atoms with Crippen LogP contribution in [0.3, 0.4) is 0 Å². The SMILES string of the molecule is COC(c1ccc(Cl)cc1)C(C)NC(=O)C1CC(O)CN1.Cl. The minimum atomic E-state index is -0.453. The molecule has 1 aliphatic heterocycles. The number of hydrogen-bond acceptors (Lipinski definition) is 4. The number of aliphatic hydroxyl groups is 1. The van der Waals surface area contributed by atoms with E-state index in [0.29, 0.717) is 18.0 Å². The highest BCUT2D eigenvalue weighted by Crippen LogP contribution is 2.22. The number of methoxy groups -OCH3 is 1. The fourth-order valence-electron chi connectivity index (χ4n) is 2.60. The van der Waals surface area contributed by atoms with Crippen molar-refractivity contribution in [3.05, 3.63) is 34.9 Å². The first-order valence-electron chi connectivity index (χ1n) is 7.01. The lowest BCUT2D eigenvalue weighted by atomic mass is 10.0. The number of benzene rings is 1. The minimum Gasteiger partial charge on any atom is -0.392 e. The maximum absolute atomic E-state index is 12.1. The number of carbonyl (C=O) groups is 1. The quantitative estimate of drug-likeness (QED) is 0.757. The van der Waals surface area contributed by atoms with Crippen LogP contribution in [-0.4, -0.2) is 42.9 Å². The number of amides is 1. The predicted octanol–water partition coefficient (Wildman–Crippen LogP) is 1.68. The highest BCUT2D eigenvalue weighted by molar-refractivity contribution is 6.30. The van der Waals surface area contributed by atoms with Crippen molar-refractivity contribution < 1.29 is 14.6 Å². The second kappa shape index (κ2) is 8.70. The number of carbonyl (C=O) groups excluding carboxylic acids is 1. The zero-order valence-corrected chi connectivity index (χ0v) is 14.2. The molecule has 22 heavy (non-hydrogen) atoms. The number of ether oxygens (including phenoxy) is 1. The van der Waals surface area contributed by atoms with Crippen molar-refractivity contribution in [2.75, 3.05) is 13.7 Å². The molecule has 0 aromatic heterocycles. The van der Waals surface area contributed by atoms with Crippen molar-refractivity contribution in [2.24, 2.45) is 0 Å². The molecular weight excluding hydrogens is 327 g/mol. The van der Waals surface area contributed by atoms with E-state index in [9.17, 15) is 9.90 Å². The smallest absolute Gasteiger partial charge is 0.237 e. The minimum absolute atomic E-state index is 0. The molecule has 4 atom stereocenters. The molecule has 0 aliphatic carbocycles. The number of hydrogen-bond donors (Lipinski definition) is 3. The maximum atomic E-state index is 12.1. The Morgan fingerprint density at radius 1 is 1.45 bits per heavy atom. The van der Waals surface area contributed by atoms with Crippen LogP contribution in [-0.2, 0) is 9.53 Å². The van der Waals surface area contributed by atoms with Gasteiger partial charge in [-0.2, -0.15) is 0 Å². The molecule has 0 radical (unpaired) electrons. The lowest BCUT2D eigenvalue weighted by molar-refractivity contribution is -0.124. The van der Waals surface area contributed by atoms with E-state index in [2.05, 4.69) is 10.6 Å². The number of aliphatic hydroxyl groups excluding tert-OH is 1. The first-order chi connectivity index (χ1) is 10.0. The van der Waals surface area contributed by atoms with Gasteiger partial charge in [0, 0.05) is 18.7 Å². The molecule has 0 saturated carbocycles. The summed E-state index contributed by atoms with van der Waals surface area (Å²) in [6.07, 6.45) is -0.264. The lowest BCUT2D eigenvalue weighted by Gasteiger charge is -2.25. The van der Waals surface area contributed by atoms with E-state index in [1.165, 1.54) is 0 Å². The van der Waals surface area contributed by atoms with Gasteiger partial charge in [0.1, 0.15) is 6.10 Å². The standard InChI is InChI=1S/C15H21ClN2O3.ClH/c1-9(18-15(20)13-7-12(19)8-17-13)14(21-2)10-3-5-11(16)6-4-10;/h3-6,9,12-14,17,19H,7-8H2,1-2H3,(H,18,20);1H. The maximum Gasteiger partial charge on any atom is 0.237 e. The molecule has 4 unspecified atom stereocenters. The number of rotatable bonds is 5. The third kappa shape index (κ3) is 4.83. The zero-order valence-electron chi connectivity index (χ0n) is 12.6. The number of halogens is 2. The van der Waals surface area contributed by atoms with Gasteiger partial charge in [-0.1, -0.05) is 23.7 Å². The number of β-amino-alcohol motifs (C(OH)–C–C–N with tert-alkyl or cyclic N) is 1. The summed E-state index contributed by atoms with van der Waals surface area (Å²) in [4.78, 5) is 12.1. The fraction of sp³-hybridized carbons (Fsp3) is 0.533. The summed E-state index contributed by atoms with van der Waals surface area (Å²) in [5.41, 5.74) is 0.953. The largest absolute Gasteiger partial charge is 0.392 e. The summed E-state index contributed by atoms with van der Waals surface area (Å²) >= 11 is 5.88. The molecule has 0 spiro atoms. The van der Waals surface area contributed by atoms with E-state index in [-0.39, 0.29) is 36.5 Å². The van der Waals surface area contributed by atoms with Crippen molar-refractivity contribution in [3.8, 4) is 0 Å². The molecule has 0 bridgehead atoms. The van der Waals surface area contributed by atoms with Crippen LogP contribution in [0.5, 0.6) is 0 Å². The lowest BCUT2D eigenvalue weighted by Crippen LogP contribution is -2.46. The molecule has 1 aliphatic rings. The second-order valence-corrected chi connectivity index (χ2v) is 5.79. The van der Waals surface area contributed by atoms with Gasteiger partial charge < -0.3 is 20.5 Å². The molecule has 1 heterocycles. The van der Waals surface area contributed by atoms with Crippen molar-refractivity contribution in [1.82, 2.24) is 10.6 Å². The third-order valence-electron chi connectivity index (χ3n) is 3.70. The van der Waals surface area contributed by atoms with E-state index in [1.807, 2.05) is 19.1 Å². The normalized spacial score (nSPS) is 23.5. The van der Waals surface area contributed by atoms with E-state index in [1.54, 1.807) is 19.2 Å². The van der Waals surface area contributed by atoms with Gasteiger partial charge in [0.05, 0.1) is 18.2 Å². The second-order valence-electron chi connectivity index (χ2n) is 5.36. The molecule has 1 aromatic rings. The summed E-state index contributed by atoms with van der Waals surface area (Å²) in [7, 11) is 1.61. The summed E-state index contributed by atoms with van der Waals surface area (Å²) in [6.45, 7) is 2.35. The molecule has 2 rings (SSSR count). The van der Waals surface area contributed by atoms with Crippen molar-refractivity contribution >= 4 is 29.9 Å². The molecular formula is C15H22Cl2N2O3. The van der Waals surface area contributed by atoms with Crippen molar-refractivity contribution in [1.29, 1.82) is 0 Å². The van der Waals surface area contributed by atoms with Crippen LogP contribution in [0.4, 0.5) is 0 Å². The summed E-state index contributed by atoms with van der Waals surface area (Å²) in [6, 6.07) is 6.83. The summed E-state index contributed by atoms with van der Waals surface area (Å²) in [5.74, 6) is -0.116. The zero-order chi connectivity index (χ0) is 15.4. The first kappa shape index (κ1) is 19.2. The highest BCUT2D eigenvalue weighted by atomic mass is 35.5. The van der Waals surface area contributed by atoms with E-state index in [0.717, 1.165) is 5.56 Å². The molecule has 124 valence electrons. The van der Waals surface area contributed by atoms with E-state index in [4.69, 9.17) is 16.3 Å². The van der Waals surface area contributed by atoms with E-state index >= 15 is 0 Å². The first-order valence-corrected chi connectivity index (χ1v) is 7.39. The molecule has 1 aromatic carbocycles. The van der Waals surface area contributed by atoms with Crippen molar-refractivity contribution in [3.63, 3.8) is 0 Å². The van der Waals surface area contributed by atoms with E-state index < -0.39 is 6.10 Å². The van der Waals surface area contributed by atoms with Gasteiger partial charge in [-0.3, -0.25) is 4.79 Å². The van der Waals surface area contributed by atoms with Gasteiger partial charge in [-0.25, -0.2) is 0 Å². The predicted molar refractivity (Wildman–Crippen MR) is 88.5 cm³/mol. The van der Waals surface area contributed by atoms with Crippen LogP contribution in [0.25, 0.3) is 0 Å². The Hall–Kier alpha value is -0.850. The van der Waals surface area contributed by atoms with Gasteiger partial charge in [-0.15, -0.1) is 12.4 Å². The van der Waals surface area contributed by atoms with Crippen LogP contribution < -0.4 is 10.6 Å². The number of nitrogens with one attached hydrogen (secondary N) is 2. The Morgan fingerprint density at radius 2 is 2.09 bits per heavy atom. The topological polar surface area (TPSA) is 70.6 Å². The fourth-order valence-corrected chi connectivity index (χ4v) is 2.72. The average molecular weight is 349 g/mol. The summed E-state index contributed by atoms with van der Waals surface area (Å²) in [5, 5.41) is 16.1. The van der Waals surface area contributed by atoms with Crippen LogP contribution in [0, 0.1) is 0 Å². The molecule has 5 nitrogen and oxygen atoms in total. The van der Waals surface area contributed by atoms with Gasteiger partial charge in [0.25, 0.3) is 0 Å². The summed E-state index contributed by atoms with van der Waals surface area (Å²) < 4.78 is 5.50. The van der Waals surface area contributed by atoms with Gasteiger partial charge >= 0.3 is 0 Å². The molecule has 1 fully saturated rings. The van der Waals surface area contributed by atoms with Gasteiger partial charge in [0.15, 0.2) is 0 Å². The molecule has 1 amide bonds. The molecule has 7 heteroatoms. The van der Waals surface area contributed by atoms with Crippen LogP contribution in [0.2, 0.25) is 5.02 Å². The Bertz CT molecular complexity index is 484. The Balaban J connectivity index is 0.00000242. The van der Waals surface area contributed by atoms with Crippen LogP contribution in [0.1, 0.15) is 25.0 Å². The molecule has 1 saturated heterocycles.